The van der Waals surface area contributed by atoms with Crippen LogP contribution in [0.15, 0.2) is 41.6 Å². The van der Waals surface area contributed by atoms with E-state index in [-0.39, 0.29) is 5.05 Å². The summed E-state index contributed by atoms with van der Waals surface area (Å²) in [6, 6.07) is 11.7. The molecule has 1 rings (SSSR count). The van der Waals surface area contributed by atoms with Crippen LogP contribution in [0.4, 0.5) is 5.69 Å². The minimum Gasteiger partial charge on any atom is -0.483 e. The van der Waals surface area contributed by atoms with Crippen LogP contribution in [0, 0.1) is 11.3 Å². The van der Waals surface area contributed by atoms with Gasteiger partial charge < -0.3 is 10.1 Å². The molecule has 0 radical (unpaired) electrons. The quantitative estimate of drug-likeness (QED) is 0.503. The number of ether oxygens (including phenoxy) is 1. The molecule has 0 amide bonds. The van der Waals surface area contributed by atoms with Crippen molar-refractivity contribution in [3.63, 3.8) is 0 Å². The second-order valence-corrected chi connectivity index (χ2v) is 3.69. The van der Waals surface area contributed by atoms with Gasteiger partial charge in [-0.2, -0.15) is 5.26 Å². The second-order valence-electron chi connectivity index (χ2n) is 3.32. The highest BCUT2D eigenvalue weighted by molar-refractivity contribution is 7.80. The van der Waals surface area contributed by atoms with E-state index in [9.17, 15) is 0 Å². The Morgan fingerprint density at radius 3 is 2.59 bits per heavy atom. The van der Waals surface area contributed by atoms with Crippen LogP contribution in [0.3, 0.4) is 0 Å². The van der Waals surface area contributed by atoms with Crippen molar-refractivity contribution in [1.82, 2.24) is 0 Å². The number of thiocarbonyl (C=S) groups is 1. The molecule has 0 spiro atoms. The molecule has 1 aromatic rings. The van der Waals surface area contributed by atoms with Gasteiger partial charge in [0.25, 0.3) is 0 Å². The van der Waals surface area contributed by atoms with Crippen molar-refractivity contribution in [1.29, 1.82) is 5.26 Å². The Morgan fingerprint density at radius 2 is 2.06 bits per heavy atom. The van der Waals surface area contributed by atoms with Crippen LogP contribution in [0.25, 0.3) is 0 Å². The maximum absolute atomic E-state index is 9.06. The molecule has 0 aliphatic carbocycles. The van der Waals surface area contributed by atoms with E-state index in [1.807, 2.05) is 37.3 Å². The van der Waals surface area contributed by atoms with E-state index in [2.05, 4.69) is 11.4 Å². The third-order valence-corrected chi connectivity index (χ3v) is 2.39. The number of anilines is 1. The van der Waals surface area contributed by atoms with E-state index < -0.39 is 0 Å². The minimum absolute atomic E-state index is 0.232. The third-order valence-electron chi connectivity index (χ3n) is 2.07. The van der Waals surface area contributed by atoms with Crippen molar-refractivity contribution >= 4 is 23.0 Å². The Kier molecular flexibility index (Phi) is 5.18. The van der Waals surface area contributed by atoms with Crippen LogP contribution < -0.4 is 5.32 Å². The predicted molar refractivity (Wildman–Crippen MR) is 72.6 cm³/mol. The molecule has 0 aromatic heterocycles. The van der Waals surface area contributed by atoms with Gasteiger partial charge >= 0.3 is 0 Å². The number of nitrogens with one attached hydrogen (secondary N) is 1. The molecule has 0 aliphatic rings. The first-order valence-electron chi connectivity index (χ1n) is 5.29. The van der Waals surface area contributed by atoms with Crippen molar-refractivity contribution < 1.29 is 4.74 Å². The zero-order chi connectivity index (χ0) is 12.7. The molecule has 0 aliphatic heterocycles. The summed E-state index contributed by atoms with van der Waals surface area (Å²) in [5.41, 5.74) is 1.97. The zero-order valence-electron chi connectivity index (χ0n) is 9.86. The number of hydrogen-bond donors (Lipinski definition) is 1. The van der Waals surface area contributed by atoms with Crippen LogP contribution in [0.1, 0.15) is 13.8 Å². The van der Waals surface area contributed by atoms with E-state index in [0.29, 0.717) is 17.9 Å². The van der Waals surface area contributed by atoms with Crippen LogP contribution in [0.5, 0.6) is 0 Å². The Morgan fingerprint density at radius 1 is 1.41 bits per heavy atom. The fourth-order valence-electron chi connectivity index (χ4n) is 1.29. The molecule has 0 heterocycles. The molecule has 0 saturated carbocycles. The van der Waals surface area contributed by atoms with Crippen molar-refractivity contribution in [3.8, 4) is 6.07 Å². The molecule has 1 aromatic carbocycles. The first-order valence-corrected chi connectivity index (χ1v) is 5.70. The highest BCUT2D eigenvalue weighted by Gasteiger charge is 2.09. The summed E-state index contributed by atoms with van der Waals surface area (Å²) < 4.78 is 5.16. The normalized spacial score (nSPS) is 11.1. The number of para-hydroxylation sites is 1. The lowest BCUT2D eigenvalue weighted by atomic mass is 10.2. The van der Waals surface area contributed by atoms with E-state index in [1.54, 1.807) is 6.92 Å². The van der Waals surface area contributed by atoms with Crippen LogP contribution >= 0.6 is 12.2 Å². The maximum Gasteiger partial charge on any atom is 0.203 e. The average Bonchev–Trinajstić information content (AvgIpc) is 2.31. The standard InChI is InChI=1S/C13H14N2OS/c1-3-16-13(17)12(9-14)10(2)15-11-7-5-4-6-8-11/h4-8,15H,3H2,1-2H3. The van der Waals surface area contributed by atoms with E-state index in [1.165, 1.54) is 0 Å². The van der Waals surface area contributed by atoms with Crippen LogP contribution in [-0.2, 0) is 4.74 Å². The molecule has 0 atom stereocenters. The minimum atomic E-state index is 0.232. The zero-order valence-corrected chi connectivity index (χ0v) is 10.7. The van der Waals surface area contributed by atoms with Crippen molar-refractivity contribution in [2.75, 3.05) is 11.9 Å². The van der Waals surface area contributed by atoms with Gasteiger partial charge in [0.15, 0.2) is 0 Å². The molecule has 0 unspecified atom stereocenters. The van der Waals surface area contributed by atoms with Crippen LogP contribution in [-0.4, -0.2) is 11.7 Å². The summed E-state index contributed by atoms with van der Waals surface area (Å²) in [7, 11) is 0. The highest BCUT2D eigenvalue weighted by atomic mass is 32.1. The molecule has 3 nitrogen and oxygen atoms in total. The van der Waals surface area contributed by atoms with E-state index >= 15 is 0 Å². The van der Waals surface area contributed by atoms with E-state index in [4.69, 9.17) is 22.2 Å². The number of nitriles is 1. The van der Waals surface area contributed by atoms with Crippen LogP contribution in [0.2, 0.25) is 0 Å². The molecule has 0 bridgehead atoms. The SMILES string of the molecule is CCOC(=S)C(C#N)=C(C)Nc1ccccc1. The number of allylic oxidation sites excluding steroid dienone is 1. The monoisotopic (exact) mass is 246 g/mol. The summed E-state index contributed by atoms with van der Waals surface area (Å²) in [5, 5.41) is 12.4. The Hall–Kier alpha value is -1.86. The van der Waals surface area contributed by atoms with Crippen molar-refractivity contribution in [2.24, 2.45) is 0 Å². The largest absolute Gasteiger partial charge is 0.483 e. The molecule has 0 fully saturated rings. The lowest BCUT2D eigenvalue weighted by Crippen LogP contribution is -2.09. The molecule has 17 heavy (non-hydrogen) atoms. The molecular weight excluding hydrogens is 232 g/mol. The van der Waals surface area contributed by atoms with Gasteiger partial charge in [0, 0.05) is 11.4 Å². The lowest BCUT2D eigenvalue weighted by Gasteiger charge is -2.10. The first-order chi connectivity index (χ1) is 8.19. The molecule has 1 N–H and O–H groups in total. The molecular formula is C13H14N2OS. The van der Waals surface area contributed by atoms with Crippen molar-refractivity contribution in [3.05, 3.63) is 41.6 Å². The summed E-state index contributed by atoms with van der Waals surface area (Å²) in [4.78, 5) is 0. The van der Waals surface area contributed by atoms with Crippen molar-refractivity contribution in [2.45, 2.75) is 13.8 Å². The second kappa shape index (κ2) is 6.66. The van der Waals surface area contributed by atoms with Gasteiger partial charge in [0.05, 0.1) is 6.61 Å². The van der Waals surface area contributed by atoms with Gasteiger partial charge in [-0.3, -0.25) is 0 Å². The summed E-state index contributed by atoms with van der Waals surface area (Å²) in [6.07, 6.45) is 0. The third kappa shape index (κ3) is 3.89. The maximum atomic E-state index is 9.06. The Bertz CT molecular complexity index is 460. The average molecular weight is 246 g/mol. The van der Waals surface area contributed by atoms with Gasteiger partial charge in [0.1, 0.15) is 11.6 Å². The predicted octanol–water partition coefficient (Wildman–Crippen LogP) is 3.26. The lowest BCUT2D eigenvalue weighted by molar-refractivity contribution is 0.337. The summed E-state index contributed by atoms with van der Waals surface area (Å²) in [6.45, 7) is 4.10. The summed E-state index contributed by atoms with van der Waals surface area (Å²) >= 11 is 5.02. The van der Waals surface area contributed by atoms with Gasteiger partial charge in [0.2, 0.25) is 5.05 Å². The number of hydrogen-bond acceptors (Lipinski definition) is 4. The summed E-state index contributed by atoms with van der Waals surface area (Å²) in [5.74, 6) is 0. The Labute approximate surface area is 107 Å². The smallest absolute Gasteiger partial charge is 0.203 e. The molecule has 0 saturated heterocycles. The fourth-order valence-corrected chi connectivity index (χ4v) is 1.60. The molecule has 4 heteroatoms. The van der Waals surface area contributed by atoms with Gasteiger partial charge in [-0.15, -0.1) is 0 Å². The van der Waals surface area contributed by atoms with Gasteiger partial charge in [-0.1, -0.05) is 18.2 Å². The van der Waals surface area contributed by atoms with E-state index in [0.717, 1.165) is 5.69 Å². The number of benzene rings is 1. The fraction of sp³-hybridized carbons (Fsp3) is 0.231. The Balaban J connectivity index is 2.88. The molecule has 88 valence electrons. The topological polar surface area (TPSA) is 45.0 Å². The highest BCUT2D eigenvalue weighted by Crippen LogP contribution is 2.13. The van der Waals surface area contributed by atoms with Gasteiger partial charge in [-0.25, -0.2) is 0 Å². The number of rotatable bonds is 4. The number of nitrogens with zero attached hydrogens (tertiary/aromatic N) is 1. The van der Waals surface area contributed by atoms with Gasteiger partial charge in [-0.05, 0) is 38.2 Å². The first kappa shape index (κ1) is 13.2.